The van der Waals surface area contributed by atoms with Gasteiger partial charge in [0.15, 0.2) is 5.11 Å². The van der Waals surface area contributed by atoms with Crippen LogP contribution in [0.4, 0.5) is 0 Å². The average Bonchev–Trinajstić information content (AvgIpc) is 2.92. The molecule has 1 aromatic carbocycles. The number of hydrazine groups is 1. The van der Waals surface area contributed by atoms with Gasteiger partial charge >= 0.3 is 5.97 Å². The van der Waals surface area contributed by atoms with Crippen LogP contribution in [0.2, 0.25) is 0 Å². The molecule has 0 radical (unpaired) electrons. The van der Waals surface area contributed by atoms with Crippen LogP contribution in [0, 0.1) is 11.8 Å². The van der Waals surface area contributed by atoms with Crippen LogP contribution >= 0.6 is 12.2 Å². The molecule has 3 rings (SSSR count). The monoisotopic (exact) mass is 377 g/mol. The van der Waals surface area contributed by atoms with Crippen molar-refractivity contribution in [3.63, 3.8) is 0 Å². The predicted octanol–water partition coefficient (Wildman–Crippen LogP) is 1.81. The fourth-order valence-corrected chi connectivity index (χ4v) is 4.34. The molecule has 7 heteroatoms. The zero-order valence-electron chi connectivity index (χ0n) is 15.4. The van der Waals surface area contributed by atoms with Crippen LogP contribution in [0.1, 0.15) is 45.1 Å². The van der Waals surface area contributed by atoms with Gasteiger partial charge in [-0.3, -0.25) is 10.2 Å². The molecule has 1 heterocycles. The van der Waals surface area contributed by atoms with Gasteiger partial charge in [0, 0.05) is 12.3 Å². The first-order valence-corrected chi connectivity index (χ1v) is 9.42. The van der Waals surface area contributed by atoms with Gasteiger partial charge in [-0.2, -0.15) is 0 Å². The summed E-state index contributed by atoms with van der Waals surface area (Å²) < 4.78 is 5.61. The third kappa shape index (κ3) is 3.84. The Hall–Kier alpha value is -1.70. The van der Waals surface area contributed by atoms with Crippen LogP contribution in [-0.2, 0) is 9.53 Å². The largest absolute Gasteiger partial charge is 0.465 e. The van der Waals surface area contributed by atoms with Crippen LogP contribution in [0.3, 0.4) is 0 Å². The highest BCUT2D eigenvalue weighted by Gasteiger charge is 2.58. The number of rotatable bonds is 4. The molecule has 0 amide bonds. The van der Waals surface area contributed by atoms with Crippen LogP contribution in [-0.4, -0.2) is 34.1 Å². The average molecular weight is 378 g/mol. The molecular weight excluding hydrogens is 350 g/mol. The van der Waals surface area contributed by atoms with Gasteiger partial charge in [-0.15, -0.1) is 0 Å². The maximum atomic E-state index is 13.1. The molecule has 26 heavy (non-hydrogen) atoms. The number of hydrogen-bond donors (Lipinski definition) is 4. The third-order valence-corrected chi connectivity index (χ3v) is 5.23. The van der Waals surface area contributed by atoms with E-state index in [2.05, 4.69) is 16.2 Å². The minimum absolute atomic E-state index is 0.206. The number of carbonyl (C=O) groups is 1. The second-order valence-corrected chi connectivity index (χ2v) is 8.48. The number of hydrogen-bond acceptors (Lipinski definition) is 5. The lowest BCUT2D eigenvalue weighted by molar-refractivity contribution is -0.160. The molecular formula is C19H27N3O3S. The molecule has 0 unspecified atom stereocenters. The van der Waals surface area contributed by atoms with Crippen molar-refractivity contribution < 1.29 is 14.6 Å². The number of benzene rings is 1. The van der Waals surface area contributed by atoms with Crippen molar-refractivity contribution in [3.8, 4) is 0 Å². The summed E-state index contributed by atoms with van der Waals surface area (Å²) in [6.07, 6.45) is 0.800. The minimum Gasteiger partial charge on any atom is -0.465 e. The Kier molecular flexibility index (Phi) is 5.23. The maximum absolute atomic E-state index is 13.1. The van der Waals surface area contributed by atoms with E-state index in [-0.39, 0.29) is 17.8 Å². The summed E-state index contributed by atoms with van der Waals surface area (Å²) in [6, 6.07) is 9.81. The van der Waals surface area contributed by atoms with Gasteiger partial charge in [0.25, 0.3) is 0 Å². The van der Waals surface area contributed by atoms with E-state index in [4.69, 9.17) is 17.0 Å². The molecule has 0 bridgehead atoms. The van der Waals surface area contributed by atoms with Crippen LogP contribution < -0.4 is 16.2 Å². The van der Waals surface area contributed by atoms with Crippen LogP contribution in [0.25, 0.3) is 0 Å². The Morgan fingerprint density at radius 3 is 2.65 bits per heavy atom. The first-order valence-electron chi connectivity index (χ1n) is 9.02. The van der Waals surface area contributed by atoms with E-state index in [9.17, 15) is 9.90 Å². The molecule has 4 atom stereocenters. The van der Waals surface area contributed by atoms with Crippen molar-refractivity contribution in [2.45, 2.75) is 50.8 Å². The number of esters is 1. The Morgan fingerprint density at radius 2 is 2.08 bits per heavy atom. The van der Waals surface area contributed by atoms with Crippen molar-refractivity contribution in [3.05, 3.63) is 35.9 Å². The van der Waals surface area contributed by atoms with Crippen molar-refractivity contribution in [1.29, 1.82) is 0 Å². The van der Waals surface area contributed by atoms with E-state index in [0.717, 1.165) is 5.56 Å². The molecule has 1 spiro atoms. The van der Waals surface area contributed by atoms with Crippen molar-refractivity contribution in [2.75, 3.05) is 6.61 Å². The second kappa shape index (κ2) is 7.13. The molecule has 0 aromatic heterocycles. The van der Waals surface area contributed by atoms with Gasteiger partial charge < -0.3 is 15.2 Å². The van der Waals surface area contributed by atoms with Gasteiger partial charge in [0.1, 0.15) is 11.6 Å². The first-order chi connectivity index (χ1) is 12.2. The normalized spacial score (nSPS) is 33.8. The lowest BCUT2D eigenvalue weighted by atomic mass is 9.64. The number of aliphatic hydroxyl groups is 1. The number of thiocarbonyl (C=S) groups is 1. The maximum Gasteiger partial charge on any atom is 0.313 e. The van der Waals surface area contributed by atoms with Gasteiger partial charge in [0.05, 0.1) is 12.2 Å². The van der Waals surface area contributed by atoms with Crippen molar-refractivity contribution in [2.24, 2.45) is 11.8 Å². The van der Waals surface area contributed by atoms with Crippen molar-refractivity contribution in [1.82, 2.24) is 16.2 Å². The second-order valence-electron chi connectivity index (χ2n) is 8.07. The zero-order valence-corrected chi connectivity index (χ0v) is 16.2. The summed E-state index contributed by atoms with van der Waals surface area (Å²) in [4.78, 5) is 13.1. The van der Waals surface area contributed by atoms with Crippen LogP contribution in [0.15, 0.2) is 30.3 Å². The molecule has 1 saturated carbocycles. The quantitative estimate of drug-likeness (QED) is 0.471. The first kappa shape index (κ1) is 19.1. The van der Waals surface area contributed by atoms with Crippen molar-refractivity contribution >= 4 is 23.3 Å². The molecule has 1 aliphatic carbocycles. The van der Waals surface area contributed by atoms with Crippen LogP contribution in [0.5, 0.6) is 0 Å². The molecule has 4 N–H and O–H groups in total. The van der Waals surface area contributed by atoms with Gasteiger partial charge in [-0.05, 0) is 37.0 Å². The fraction of sp³-hybridized carbons (Fsp3) is 0.579. The van der Waals surface area contributed by atoms with Gasteiger partial charge in [-0.25, -0.2) is 5.43 Å². The summed E-state index contributed by atoms with van der Waals surface area (Å²) in [7, 11) is 0. The van der Waals surface area contributed by atoms with E-state index >= 15 is 0 Å². The van der Waals surface area contributed by atoms with E-state index < -0.39 is 17.2 Å². The number of nitrogens with one attached hydrogen (secondary N) is 3. The lowest BCUT2D eigenvalue weighted by Crippen LogP contribution is -2.67. The van der Waals surface area contributed by atoms with E-state index in [0.29, 0.717) is 24.6 Å². The zero-order chi connectivity index (χ0) is 18.9. The SMILES string of the molecule is CC(C)COC(=O)[C@@H]1[C@H](c2ccccc2)C[C@@](C)(O)C[C@@]12NNC(=S)N2. The fourth-order valence-electron chi connectivity index (χ4n) is 4.11. The summed E-state index contributed by atoms with van der Waals surface area (Å²) in [5.41, 5.74) is 5.17. The van der Waals surface area contributed by atoms with Gasteiger partial charge in [-0.1, -0.05) is 44.2 Å². The Bertz CT molecular complexity index is 680. The Balaban J connectivity index is 2.01. The Labute approximate surface area is 159 Å². The molecule has 1 aliphatic heterocycles. The molecule has 1 saturated heterocycles. The highest BCUT2D eigenvalue weighted by Crippen LogP contribution is 2.47. The van der Waals surface area contributed by atoms with E-state index in [1.54, 1.807) is 6.92 Å². The smallest absolute Gasteiger partial charge is 0.313 e. The van der Waals surface area contributed by atoms with Gasteiger partial charge in [0.2, 0.25) is 0 Å². The summed E-state index contributed by atoms with van der Waals surface area (Å²) >= 11 is 5.23. The summed E-state index contributed by atoms with van der Waals surface area (Å²) in [5, 5.41) is 14.5. The number of carbonyl (C=O) groups excluding carboxylic acids is 1. The Morgan fingerprint density at radius 1 is 1.38 bits per heavy atom. The molecule has 6 nitrogen and oxygen atoms in total. The van der Waals surface area contributed by atoms with E-state index in [1.165, 1.54) is 0 Å². The standard InChI is InChI=1S/C19H27N3O3S/c1-12(2)10-25-16(23)15-14(13-7-5-4-6-8-13)9-18(3,24)11-19(15)20-17(26)21-22-19/h4-8,12,14-15,22,24H,9-11H2,1-3H3,(H2,20,21,26)/t14-,15-,18+,19+/m0/s1. The topological polar surface area (TPSA) is 82.6 Å². The number of ether oxygens (including phenoxy) is 1. The minimum atomic E-state index is -0.961. The highest BCUT2D eigenvalue weighted by atomic mass is 32.1. The molecule has 2 fully saturated rings. The highest BCUT2D eigenvalue weighted by molar-refractivity contribution is 7.80. The molecule has 142 valence electrons. The molecule has 2 aliphatic rings. The summed E-state index contributed by atoms with van der Waals surface area (Å²) in [5.74, 6) is -0.769. The lowest BCUT2D eigenvalue weighted by Gasteiger charge is -2.49. The predicted molar refractivity (Wildman–Crippen MR) is 103 cm³/mol. The third-order valence-electron chi connectivity index (χ3n) is 5.03. The van der Waals surface area contributed by atoms with E-state index in [1.807, 2.05) is 44.2 Å². The summed E-state index contributed by atoms with van der Waals surface area (Å²) in [6.45, 7) is 6.17. The molecule has 1 aromatic rings.